The first-order valence-electron chi connectivity index (χ1n) is 5.59. The number of carbonyl (C=O) groups excluding carboxylic acids is 1. The highest BCUT2D eigenvalue weighted by Crippen LogP contribution is 2.36. The summed E-state index contributed by atoms with van der Waals surface area (Å²) in [6.45, 7) is 1.95. The lowest BCUT2D eigenvalue weighted by atomic mass is 10.2. The van der Waals surface area contributed by atoms with Gasteiger partial charge in [-0.3, -0.25) is 4.79 Å². The van der Waals surface area contributed by atoms with Crippen molar-refractivity contribution in [2.45, 2.75) is 13.0 Å². The summed E-state index contributed by atoms with van der Waals surface area (Å²) in [5.74, 6) is 1.49. The van der Waals surface area contributed by atoms with Crippen LogP contribution in [0.4, 0.5) is 0 Å². The lowest BCUT2D eigenvalue weighted by Crippen LogP contribution is -2.21. The van der Waals surface area contributed by atoms with Crippen molar-refractivity contribution in [1.29, 1.82) is 0 Å². The Morgan fingerprint density at radius 3 is 2.89 bits per heavy atom. The second kappa shape index (κ2) is 4.42. The molecule has 1 aliphatic rings. The number of rotatable bonds is 2. The first-order chi connectivity index (χ1) is 8.74. The molecule has 0 amide bonds. The quantitative estimate of drug-likeness (QED) is 0.780. The predicted molar refractivity (Wildman–Crippen MR) is 67.4 cm³/mol. The van der Waals surface area contributed by atoms with Crippen LogP contribution in [0.2, 0.25) is 0 Å². The van der Waals surface area contributed by atoms with Crippen molar-refractivity contribution in [2.24, 2.45) is 0 Å². The van der Waals surface area contributed by atoms with Gasteiger partial charge in [-0.1, -0.05) is 12.1 Å². The zero-order valence-corrected chi connectivity index (χ0v) is 10.6. The van der Waals surface area contributed by atoms with Gasteiger partial charge in [-0.15, -0.1) is 11.3 Å². The molecule has 1 unspecified atom stereocenters. The van der Waals surface area contributed by atoms with Crippen LogP contribution in [0.15, 0.2) is 30.5 Å². The van der Waals surface area contributed by atoms with Crippen molar-refractivity contribution in [3.05, 3.63) is 40.3 Å². The number of hydrogen-bond donors (Lipinski definition) is 0. The zero-order chi connectivity index (χ0) is 12.5. The lowest BCUT2D eigenvalue weighted by molar-refractivity contribution is 0.0911. The van der Waals surface area contributed by atoms with Gasteiger partial charge < -0.3 is 9.47 Å². The molecule has 1 aromatic carbocycles. The van der Waals surface area contributed by atoms with E-state index in [2.05, 4.69) is 4.98 Å². The van der Waals surface area contributed by atoms with E-state index in [-0.39, 0.29) is 11.9 Å². The number of para-hydroxylation sites is 2. The van der Waals surface area contributed by atoms with Crippen LogP contribution in [0.5, 0.6) is 11.5 Å². The Hall–Kier alpha value is -1.88. The van der Waals surface area contributed by atoms with E-state index < -0.39 is 0 Å². The van der Waals surface area contributed by atoms with Gasteiger partial charge in [0.25, 0.3) is 0 Å². The highest BCUT2D eigenvalue weighted by Gasteiger charge is 2.25. The maximum atomic E-state index is 11.2. The minimum atomic E-state index is -0.238. The van der Waals surface area contributed by atoms with Crippen molar-refractivity contribution in [3.63, 3.8) is 0 Å². The number of ether oxygens (including phenoxy) is 2. The number of nitrogens with zero attached hydrogens (tertiary/aromatic N) is 1. The highest BCUT2D eigenvalue weighted by atomic mass is 32.1. The van der Waals surface area contributed by atoms with Gasteiger partial charge in [0.05, 0.1) is 4.88 Å². The summed E-state index contributed by atoms with van der Waals surface area (Å²) in [6.07, 6.45) is 1.35. The molecule has 4 nitrogen and oxygen atoms in total. The average molecular weight is 261 g/mol. The molecule has 0 aliphatic carbocycles. The van der Waals surface area contributed by atoms with E-state index in [9.17, 15) is 4.79 Å². The smallest absolute Gasteiger partial charge is 0.184 e. The van der Waals surface area contributed by atoms with E-state index in [0.29, 0.717) is 17.2 Å². The average Bonchev–Trinajstić information content (AvgIpc) is 2.88. The molecule has 0 saturated heterocycles. The third-order valence-corrected chi connectivity index (χ3v) is 3.84. The van der Waals surface area contributed by atoms with Gasteiger partial charge in [-0.25, -0.2) is 4.98 Å². The molecule has 18 heavy (non-hydrogen) atoms. The molecule has 2 aromatic rings. The molecule has 5 heteroatoms. The summed E-state index contributed by atoms with van der Waals surface area (Å²) in [5, 5.41) is 0.773. The minimum Gasteiger partial charge on any atom is -0.485 e. The molecule has 1 aliphatic heterocycles. The van der Waals surface area contributed by atoms with Crippen molar-refractivity contribution < 1.29 is 14.3 Å². The summed E-state index contributed by atoms with van der Waals surface area (Å²) in [7, 11) is 0. The maximum absolute atomic E-state index is 11.2. The molecular weight excluding hydrogens is 250 g/mol. The van der Waals surface area contributed by atoms with Gasteiger partial charge >= 0.3 is 0 Å². The molecule has 0 spiro atoms. The van der Waals surface area contributed by atoms with E-state index in [4.69, 9.17) is 9.47 Å². The fraction of sp³-hybridized carbons (Fsp3) is 0.231. The van der Waals surface area contributed by atoms with Crippen molar-refractivity contribution >= 4 is 17.1 Å². The topological polar surface area (TPSA) is 48.4 Å². The molecule has 2 heterocycles. The normalized spacial score (nSPS) is 17.5. The van der Waals surface area contributed by atoms with Crippen molar-refractivity contribution in [3.8, 4) is 11.5 Å². The minimum absolute atomic E-state index is 0.0240. The summed E-state index contributed by atoms with van der Waals surface area (Å²) in [5.41, 5.74) is 0. The van der Waals surface area contributed by atoms with Crippen LogP contribution < -0.4 is 9.47 Å². The lowest BCUT2D eigenvalue weighted by Gasteiger charge is -2.24. The molecule has 0 radical (unpaired) electrons. The van der Waals surface area contributed by atoms with E-state index in [1.54, 1.807) is 6.20 Å². The Morgan fingerprint density at radius 2 is 2.17 bits per heavy atom. The number of hydrogen-bond acceptors (Lipinski definition) is 5. The van der Waals surface area contributed by atoms with Crippen LogP contribution in [0.1, 0.15) is 27.7 Å². The Morgan fingerprint density at radius 1 is 1.39 bits per heavy atom. The fourth-order valence-electron chi connectivity index (χ4n) is 1.74. The zero-order valence-electron chi connectivity index (χ0n) is 9.75. The molecule has 0 saturated carbocycles. The number of Topliss-reactive ketones (excluding diaryl/α,β-unsaturated/α-hetero) is 1. The number of ketones is 1. The number of thiazole rings is 1. The third kappa shape index (κ3) is 1.97. The van der Waals surface area contributed by atoms with Crippen LogP contribution in [0.25, 0.3) is 0 Å². The van der Waals surface area contributed by atoms with Gasteiger partial charge in [-0.2, -0.15) is 0 Å². The van der Waals surface area contributed by atoms with E-state index >= 15 is 0 Å². The van der Waals surface area contributed by atoms with Gasteiger partial charge in [0.15, 0.2) is 23.4 Å². The largest absolute Gasteiger partial charge is 0.485 e. The van der Waals surface area contributed by atoms with Crippen LogP contribution in [-0.2, 0) is 0 Å². The summed E-state index contributed by atoms with van der Waals surface area (Å²) in [4.78, 5) is 16.1. The van der Waals surface area contributed by atoms with Crippen LogP contribution in [-0.4, -0.2) is 17.4 Å². The second-order valence-electron chi connectivity index (χ2n) is 3.98. The maximum Gasteiger partial charge on any atom is 0.184 e. The Kier molecular flexibility index (Phi) is 2.76. The summed E-state index contributed by atoms with van der Waals surface area (Å²) >= 11 is 1.36. The summed E-state index contributed by atoms with van der Waals surface area (Å²) in [6, 6.07) is 7.53. The van der Waals surface area contributed by atoms with Crippen molar-refractivity contribution in [1.82, 2.24) is 4.98 Å². The number of carbonyl (C=O) groups is 1. The number of benzene rings is 1. The predicted octanol–water partition coefficient (Wildman–Crippen LogP) is 2.86. The fourth-order valence-corrected chi connectivity index (χ4v) is 2.57. The Balaban J connectivity index is 1.85. The summed E-state index contributed by atoms with van der Waals surface area (Å²) < 4.78 is 11.4. The van der Waals surface area contributed by atoms with E-state index in [0.717, 1.165) is 10.8 Å². The Bertz CT molecular complexity index is 593. The SMILES string of the molecule is CC(=O)c1cnc(C2COc3ccccc3O2)s1. The second-order valence-corrected chi connectivity index (χ2v) is 5.05. The molecule has 1 aromatic heterocycles. The molecule has 0 fully saturated rings. The van der Waals surface area contributed by atoms with Crippen LogP contribution in [0, 0.1) is 0 Å². The molecule has 1 atom stereocenters. The molecule has 92 valence electrons. The number of aromatic nitrogens is 1. The van der Waals surface area contributed by atoms with E-state index in [1.807, 2.05) is 24.3 Å². The molecular formula is C13H11NO3S. The molecule has 0 bridgehead atoms. The van der Waals surface area contributed by atoms with Crippen LogP contribution >= 0.6 is 11.3 Å². The third-order valence-electron chi connectivity index (χ3n) is 2.65. The first-order valence-corrected chi connectivity index (χ1v) is 6.41. The van der Waals surface area contributed by atoms with Gasteiger partial charge in [0.1, 0.15) is 11.6 Å². The first kappa shape index (κ1) is 11.2. The van der Waals surface area contributed by atoms with E-state index in [1.165, 1.54) is 18.3 Å². The van der Waals surface area contributed by atoms with Crippen LogP contribution in [0.3, 0.4) is 0 Å². The number of fused-ring (bicyclic) bond motifs is 1. The monoisotopic (exact) mass is 261 g/mol. The van der Waals surface area contributed by atoms with Gasteiger partial charge in [0, 0.05) is 13.1 Å². The Labute approximate surface area is 108 Å². The molecule has 3 rings (SSSR count). The van der Waals surface area contributed by atoms with Crippen molar-refractivity contribution in [2.75, 3.05) is 6.61 Å². The molecule has 0 N–H and O–H groups in total. The standard InChI is InChI=1S/C13H11NO3S/c1-8(15)12-6-14-13(18-12)11-7-16-9-4-2-3-5-10(9)17-11/h2-6,11H,7H2,1H3. The highest BCUT2D eigenvalue weighted by molar-refractivity contribution is 7.13. The van der Waals surface area contributed by atoms with Gasteiger partial charge in [0.2, 0.25) is 0 Å². The van der Waals surface area contributed by atoms with Gasteiger partial charge in [-0.05, 0) is 12.1 Å².